The van der Waals surface area contributed by atoms with Crippen molar-refractivity contribution in [2.24, 2.45) is 0 Å². The largest absolute Gasteiger partial charge is 0.503 e. The molecule has 4 heteroatoms. The molecule has 35 valence electrons. The molecule has 0 unspecified atom stereocenters. The van der Waals surface area contributed by atoms with Crippen LogP contribution in [0.15, 0.2) is 0 Å². The fourth-order valence-corrected chi connectivity index (χ4v) is 0. The molecule has 0 atom stereocenters. The molecule has 0 spiro atoms. The molecule has 0 amide bonds. The van der Waals surface area contributed by atoms with Gasteiger partial charge in [-0.1, -0.05) is 7.43 Å². The summed E-state index contributed by atoms with van der Waals surface area (Å²) in [5.74, 6) is 0. The first kappa shape index (κ1) is 16.2. The molecule has 2 N–H and O–H groups in total. The van der Waals surface area contributed by atoms with Gasteiger partial charge in [0, 0.05) is 32.7 Å². The number of rotatable bonds is 0. The Labute approximate surface area is 61.2 Å². The van der Waals surface area contributed by atoms with Gasteiger partial charge >= 0.3 is 6.16 Å². The summed E-state index contributed by atoms with van der Waals surface area (Å²) in [6.07, 6.45) is -1.83. The second-order valence-corrected chi connectivity index (χ2v) is 0.283. The van der Waals surface area contributed by atoms with Crippen LogP contribution < -0.4 is 0 Å². The van der Waals surface area contributed by atoms with E-state index in [1.54, 1.807) is 0 Å². The van der Waals surface area contributed by atoms with Crippen molar-refractivity contribution in [2.75, 3.05) is 0 Å². The Hall–Kier alpha value is 0.374. The average molecular weight is 167 g/mol. The molecule has 0 aromatic rings. The van der Waals surface area contributed by atoms with Crippen LogP contribution in [0.25, 0.3) is 0 Å². The van der Waals surface area contributed by atoms with Gasteiger partial charge < -0.3 is 10.2 Å². The maximum absolute atomic E-state index is 8.56. The molecule has 0 aliphatic rings. The van der Waals surface area contributed by atoms with Gasteiger partial charge in [-0.3, -0.25) is 0 Å². The Morgan fingerprint density at radius 2 is 1.33 bits per heavy atom. The number of carbonyl (C=O) groups is 1. The first-order valence-electron chi connectivity index (χ1n) is 0.651. The third kappa shape index (κ3) is 356. The van der Waals surface area contributed by atoms with Crippen LogP contribution in [0.1, 0.15) is 7.43 Å². The molecule has 6 heavy (non-hydrogen) atoms. The van der Waals surface area contributed by atoms with Crippen LogP contribution >= 0.6 is 0 Å². The van der Waals surface area contributed by atoms with E-state index >= 15 is 0 Å². The Morgan fingerprint density at radius 3 is 1.33 bits per heavy atom. The minimum Gasteiger partial charge on any atom is -0.450 e. The molecule has 0 aliphatic carbocycles. The summed E-state index contributed by atoms with van der Waals surface area (Å²) < 4.78 is 0. The van der Waals surface area contributed by atoms with Crippen LogP contribution in [0.3, 0.4) is 0 Å². The van der Waals surface area contributed by atoms with Crippen molar-refractivity contribution in [3.63, 3.8) is 0 Å². The summed E-state index contributed by atoms with van der Waals surface area (Å²) in [5, 5.41) is 13.9. The van der Waals surface area contributed by atoms with Gasteiger partial charge in [0.2, 0.25) is 0 Å². The van der Waals surface area contributed by atoms with E-state index in [1.807, 2.05) is 0 Å². The van der Waals surface area contributed by atoms with E-state index in [9.17, 15) is 0 Å². The monoisotopic (exact) mass is 167 g/mol. The van der Waals surface area contributed by atoms with Gasteiger partial charge in [-0.15, -0.1) is 0 Å². The maximum atomic E-state index is 8.56. The van der Waals surface area contributed by atoms with E-state index in [2.05, 4.69) is 0 Å². The molecule has 0 heterocycles. The van der Waals surface area contributed by atoms with Crippen LogP contribution in [0, 0.1) is 0 Å². The number of carboxylic acid groups (broad SMARTS) is 2. The van der Waals surface area contributed by atoms with Crippen LogP contribution in [0.4, 0.5) is 4.79 Å². The minimum absolute atomic E-state index is 0. The second kappa shape index (κ2) is 9.03. The van der Waals surface area contributed by atoms with E-state index in [4.69, 9.17) is 15.0 Å². The summed E-state index contributed by atoms with van der Waals surface area (Å²) in [6.45, 7) is 0. The molecule has 0 saturated carbocycles. The summed E-state index contributed by atoms with van der Waals surface area (Å²) in [7, 11) is 0. The van der Waals surface area contributed by atoms with Gasteiger partial charge in [-0.25, -0.2) is 4.79 Å². The summed E-state index contributed by atoms with van der Waals surface area (Å²) in [4.78, 5) is 8.56. The van der Waals surface area contributed by atoms with Crippen molar-refractivity contribution in [1.29, 1.82) is 0 Å². The van der Waals surface area contributed by atoms with Crippen molar-refractivity contribution >= 4 is 6.16 Å². The van der Waals surface area contributed by atoms with Crippen LogP contribution in [-0.2, 0) is 32.7 Å². The molecule has 0 saturated heterocycles. The van der Waals surface area contributed by atoms with Gasteiger partial charge in [0.05, 0.1) is 0 Å². The first-order valence-corrected chi connectivity index (χ1v) is 0.651. The van der Waals surface area contributed by atoms with Gasteiger partial charge in [-0.2, -0.15) is 0 Å². The summed E-state index contributed by atoms with van der Waals surface area (Å²) in [5.41, 5.74) is 0. The second-order valence-electron chi connectivity index (χ2n) is 0.283. The zero-order valence-electron chi connectivity index (χ0n) is 2.38. The third-order valence-electron chi connectivity index (χ3n) is 0. The standard InChI is InChI=1S/CH2O3.CH4.Y/c2-1(3)4;;/h(H2,2,3,4);1H4;. The minimum atomic E-state index is -1.83. The van der Waals surface area contributed by atoms with Gasteiger partial charge in [0.25, 0.3) is 0 Å². The molecule has 3 nitrogen and oxygen atoms in total. The smallest absolute Gasteiger partial charge is 0.450 e. The normalized spacial score (nSPS) is 4.00. The van der Waals surface area contributed by atoms with Crippen molar-refractivity contribution in [2.45, 2.75) is 7.43 Å². The molecule has 0 aromatic carbocycles. The van der Waals surface area contributed by atoms with E-state index in [1.165, 1.54) is 0 Å². The quantitative estimate of drug-likeness (QED) is 0.562. The van der Waals surface area contributed by atoms with Crippen molar-refractivity contribution in [3.8, 4) is 0 Å². The zero-order valence-corrected chi connectivity index (χ0v) is 5.22. The Kier molecular flexibility index (Phi) is 24.3. The molecule has 0 aliphatic heterocycles. The van der Waals surface area contributed by atoms with E-state index in [-0.39, 0.29) is 40.1 Å². The van der Waals surface area contributed by atoms with E-state index < -0.39 is 6.16 Å². The Balaban J connectivity index is -0.0000000450. The number of hydrogen-bond acceptors (Lipinski definition) is 1. The van der Waals surface area contributed by atoms with E-state index in [0.29, 0.717) is 0 Å². The molecule has 0 rings (SSSR count). The molecule has 0 bridgehead atoms. The predicted octanol–water partition coefficient (Wildman–Crippen LogP) is 0.856. The van der Waals surface area contributed by atoms with Gasteiger partial charge in [0.1, 0.15) is 0 Å². The van der Waals surface area contributed by atoms with Crippen molar-refractivity contribution in [1.82, 2.24) is 0 Å². The van der Waals surface area contributed by atoms with Crippen molar-refractivity contribution in [3.05, 3.63) is 0 Å². The summed E-state index contributed by atoms with van der Waals surface area (Å²) in [6, 6.07) is 0. The molecule has 1 radical (unpaired) electrons. The Morgan fingerprint density at radius 1 is 1.33 bits per heavy atom. The van der Waals surface area contributed by atoms with Crippen LogP contribution in [0.5, 0.6) is 0 Å². The van der Waals surface area contributed by atoms with E-state index in [0.717, 1.165) is 0 Å². The zero-order chi connectivity index (χ0) is 3.58. The van der Waals surface area contributed by atoms with Gasteiger partial charge in [-0.05, 0) is 0 Å². The van der Waals surface area contributed by atoms with Crippen molar-refractivity contribution < 1.29 is 47.7 Å². The predicted molar refractivity (Wildman–Crippen MR) is 17.4 cm³/mol. The average Bonchev–Trinajstić information content (AvgIpc) is 0.811. The topological polar surface area (TPSA) is 57.5 Å². The molecule has 0 fully saturated rings. The third-order valence-corrected chi connectivity index (χ3v) is 0. The van der Waals surface area contributed by atoms with Crippen LogP contribution in [0.2, 0.25) is 0 Å². The molecular weight excluding hydrogens is 161 g/mol. The first-order chi connectivity index (χ1) is 1.73. The number of hydrogen-bond donors (Lipinski definition) is 2. The van der Waals surface area contributed by atoms with Gasteiger partial charge in [0.15, 0.2) is 0 Å². The fraction of sp³-hybridized carbons (Fsp3) is 0.500. The molecule has 0 aromatic heterocycles. The SMILES string of the molecule is C.O=C(O)O.[Y]. The Bertz CT molecular complexity index is 31.8. The van der Waals surface area contributed by atoms with Crippen LogP contribution in [-0.4, -0.2) is 16.4 Å². The maximum Gasteiger partial charge on any atom is 0.503 e. The fourth-order valence-electron chi connectivity index (χ4n) is 0. The molecular formula is C2H6O3Y. The summed E-state index contributed by atoms with van der Waals surface area (Å²) >= 11 is 0.